The largest absolute Gasteiger partial charge is 0.366 e. The summed E-state index contributed by atoms with van der Waals surface area (Å²) in [5.41, 5.74) is 2.81. The first kappa shape index (κ1) is 18.9. The average molecular weight is 340 g/mol. The van der Waals surface area contributed by atoms with Gasteiger partial charge in [-0.05, 0) is 45.6 Å². The quantitative estimate of drug-likeness (QED) is 0.713. The smallest absolute Gasteiger partial charge is 0.252 e. The SMILES string of the molecule is CCN(Cc1ccccc1)c1cncc(C(=O)NCCCN(C)C)c1. The summed E-state index contributed by atoms with van der Waals surface area (Å²) in [5, 5.41) is 2.96. The van der Waals surface area contributed by atoms with Gasteiger partial charge in [-0.1, -0.05) is 30.3 Å². The average Bonchev–Trinajstić information content (AvgIpc) is 2.64. The molecule has 0 aliphatic carbocycles. The number of carbonyl (C=O) groups is 1. The molecule has 0 spiro atoms. The molecule has 5 nitrogen and oxygen atoms in total. The van der Waals surface area contributed by atoms with Crippen LogP contribution in [-0.2, 0) is 6.54 Å². The molecule has 25 heavy (non-hydrogen) atoms. The monoisotopic (exact) mass is 340 g/mol. The molecule has 1 heterocycles. The van der Waals surface area contributed by atoms with E-state index in [1.165, 1.54) is 5.56 Å². The fraction of sp³-hybridized carbons (Fsp3) is 0.400. The molecule has 134 valence electrons. The van der Waals surface area contributed by atoms with Gasteiger partial charge in [0.15, 0.2) is 0 Å². The van der Waals surface area contributed by atoms with E-state index in [1.807, 2.05) is 44.6 Å². The highest BCUT2D eigenvalue weighted by atomic mass is 16.1. The topological polar surface area (TPSA) is 48.5 Å². The molecule has 0 aliphatic rings. The van der Waals surface area contributed by atoms with Crippen LogP contribution < -0.4 is 10.2 Å². The van der Waals surface area contributed by atoms with E-state index in [0.717, 1.165) is 31.7 Å². The van der Waals surface area contributed by atoms with Crippen LogP contribution in [0.2, 0.25) is 0 Å². The van der Waals surface area contributed by atoms with Crippen molar-refractivity contribution in [3.63, 3.8) is 0 Å². The van der Waals surface area contributed by atoms with E-state index in [4.69, 9.17) is 0 Å². The fourth-order valence-corrected chi connectivity index (χ4v) is 2.61. The van der Waals surface area contributed by atoms with Gasteiger partial charge in [0.2, 0.25) is 0 Å². The summed E-state index contributed by atoms with van der Waals surface area (Å²) in [7, 11) is 4.06. The summed E-state index contributed by atoms with van der Waals surface area (Å²) in [5.74, 6) is -0.0659. The summed E-state index contributed by atoms with van der Waals surface area (Å²) in [6.07, 6.45) is 4.37. The number of rotatable bonds is 9. The molecule has 1 N–H and O–H groups in total. The number of nitrogens with zero attached hydrogens (tertiary/aromatic N) is 3. The van der Waals surface area contributed by atoms with Gasteiger partial charge in [0.25, 0.3) is 5.91 Å². The lowest BCUT2D eigenvalue weighted by atomic mass is 10.2. The van der Waals surface area contributed by atoms with Gasteiger partial charge in [-0.25, -0.2) is 0 Å². The Bertz CT molecular complexity index is 658. The highest BCUT2D eigenvalue weighted by Crippen LogP contribution is 2.17. The van der Waals surface area contributed by atoms with Gasteiger partial charge in [0.05, 0.1) is 17.4 Å². The van der Waals surface area contributed by atoms with Crippen molar-refractivity contribution in [2.45, 2.75) is 19.9 Å². The second-order valence-electron chi connectivity index (χ2n) is 6.34. The summed E-state index contributed by atoms with van der Waals surface area (Å²) < 4.78 is 0. The minimum absolute atomic E-state index is 0.0659. The molecular formula is C20H28N4O. The zero-order chi connectivity index (χ0) is 18.1. The summed E-state index contributed by atoms with van der Waals surface area (Å²) >= 11 is 0. The highest BCUT2D eigenvalue weighted by Gasteiger charge is 2.10. The molecule has 0 bridgehead atoms. The molecule has 0 saturated heterocycles. The van der Waals surface area contributed by atoms with Crippen LogP contribution in [0.25, 0.3) is 0 Å². The van der Waals surface area contributed by atoms with E-state index in [2.05, 4.69) is 39.2 Å². The second-order valence-corrected chi connectivity index (χ2v) is 6.34. The number of anilines is 1. The molecule has 0 saturated carbocycles. The molecule has 2 aromatic rings. The summed E-state index contributed by atoms with van der Waals surface area (Å²) in [4.78, 5) is 20.9. The lowest BCUT2D eigenvalue weighted by Gasteiger charge is -2.23. The zero-order valence-corrected chi connectivity index (χ0v) is 15.4. The van der Waals surface area contributed by atoms with Crippen molar-refractivity contribution in [2.75, 3.05) is 38.6 Å². The van der Waals surface area contributed by atoms with Crippen molar-refractivity contribution in [1.82, 2.24) is 15.2 Å². The Labute approximate surface area is 150 Å². The molecule has 0 fully saturated rings. The Morgan fingerprint density at radius 1 is 1.16 bits per heavy atom. The second kappa shape index (κ2) is 9.79. The van der Waals surface area contributed by atoms with Crippen LogP contribution in [0.15, 0.2) is 48.8 Å². The van der Waals surface area contributed by atoms with Gasteiger partial charge in [0, 0.05) is 25.8 Å². The number of hydrogen-bond acceptors (Lipinski definition) is 4. The minimum atomic E-state index is -0.0659. The minimum Gasteiger partial charge on any atom is -0.366 e. The molecule has 5 heteroatoms. The first-order chi connectivity index (χ1) is 12.1. The van der Waals surface area contributed by atoms with E-state index < -0.39 is 0 Å². The lowest BCUT2D eigenvalue weighted by molar-refractivity contribution is 0.0952. The summed E-state index contributed by atoms with van der Waals surface area (Å²) in [6, 6.07) is 12.2. The number of amides is 1. The molecule has 0 radical (unpaired) electrons. The van der Waals surface area contributed by atoms with Crippen molar-refractivity contribution in [3.05, 3.63) is 59.9 Å². The van der Waals surface area contributed by atoms with Gasteiger partial charge in [-0.15, -0.1) is 0 Å². The predicted molar refractivity (Wildman–Crippen MR) is 103 cm³/mol. The number of pyridine rings is 1. The third kappa shape index (κ3) is 6.19. The number of benzene rings is 1. The molecule has 2 rings (SSSR count). The highest BCUT2D eigenvalue weighted by molar-refractivity contribution is 5.94. The lowest BCUT2D eigenvalue weighted by Crippen LogP contribution is -2.28. The third-order valence-electron chi connectivity index (χ3n) is 4.02. The molecule has 0 aliphatic heterocycles. The molecule has 1 aromatic carbocycles. The predicted octanol–water partition coefficient (Wildman–Crippen LogP) is 2.79. The van der Waals surface area contributed by atoms with E-state index >= 15 is 0 Å². The van der Waals surface area contributed by atoms with Crippen molar-refractivity contribution in [2.24, 2.45) is 0 Å². The maximum absolute atomic E-state index is 12.3. The van der Waals surface area contributed by atoms with Crippen LogP contribution in [0.5, 0.6) is 0 Å². The van der Waals surface area contributed by atoms with E-state index in [-0.39, 0.29) is 5.91 Å². The van der Waals surface area contributed by atoms with Crippen molar-refractivity contribution < 1.29 is 4.79 Å². The van der Waals surface area contributed by atoms with Crippen LogP contribution in [-0.4, -0.2) is 49.5 Å². The molecule has 0 unspecified atom stereocenters. The first-order valence-electron chi connectivity index (χ1n) is 8.77. The van der Waals surface area contributed by atoms with Crippen LogP contribution in [0.1, 0.15) is 29.3 Å². The number of carbonyl (C=O) groups excluding carboxylic acids is 1. The van der Waals surface area contributed by atoms with Crippen molar-refractivity contribution in [3.8, 4) is 0 Å². The Kier molecular flexibility index (Phi) is 7.41. The van der Waals surface area contributed by atoms with Gasteiger partial charge in [0.1, 0.15) is 0 Å². The molecule has 1 aromatic heterocycles. The number of hydrogen-bond donors (Lipinski definition) is 1. The van der Waals surface area contributed by atoms with Gasteiger partial charge in [-0.3, -0.25) is 9.78 Å². The third-order valence-corrected chi connectivity index (χ3v) is 4.02. The van der Waals surface area contributed by atoms with E-state index in [0.29, 0.717) is 12.1 Å². The maximum Gasteiger partial charge on any atom is 0.252 e. The van der Waals surface area contributed by atoms with Crippen LogP contribution in [0.4, 0.5) is 5.69 Å². The Morgan fingerprint density at radius 3 is 2.60 bits per heavy atom. The van der Waals surface area contributed by atoms with E-state index in [1.54, 1.807) is 6.20 Å². The van der Waals surface area contributed by atoms with E-state index in [9.17, 15) is 4.79 Å². The Balaban J connectivity index is 1.99. The fourth-order valence-electron chi connectivity index (χ4n) is 2.61. The van der Waals surface area contributed by atoms with Crippen LogP contribution in [0.3, 0.4) is 0 Å². The number of nitrogens with one attached hydrogen (secondary N) is 1. The van der Waals surface area contributed by atoms with Crippen molar-refractivity contribution in [1.29, 1.82) is 0 Å². The first-order valence-corrected chi connectivity index (χ1v) is 8.77. The molecule has 1 amide bonds. The zero-order valence-electron chi connectivity index (χ0n) is 15.4. The number of aromatic nitrogens is 1. The normalized spacial score (nSPS) is 10.7. The Morgan fingerprint density at radius 2 is 1.92 bits per heavy atom. The van der Waals surface area contributed by atoms with Crippen molar-refractivity contribution >= 4 is 11.6 Å². The van der Waals surface area contributed by atoms with Crippen LogP contribution in [0, 0.1) is 0 Å². The molecule has 0 atom stereocenters. The standard InChI is InChI=1S/C20H28N4O/c1-4-24(16-17-9-6-5-7-10-17)19-13-18(14-21-15-19)20(25)22-11-8-12-23(2)3/h5-7,9-10,13-15H,4,8,11-12,16H2,1-3H3,(H,22,25). The van der Waals surface area contributed by atoms with Crippen LogP contribution >= 0.6 is 0 Å². The molecular weight excluding hydrogens is 312 g/mol. The summed E-state index contributed by atoms with van der Waals surface area (Å²) in [6.45, 7) is 5.39. The van der Waals surface area contributed by atoms with Gasteiger partial charge in [-0.2, -0.15) is 0 Å². The van der Waals surface area contributed by atoms with Gasteiger partial charge < -0.3 is 15.1 Å². The Hall–Kier alpha value is -2.40. The maximum atomic E-state index is 12.3. The van der Waals surface area contributed by atoms with Gasteiger partial charge >= 0.3 is 0 Å².